The lowest BCUT2D eigenvalue weighted by atomic mass is 9.98. The van der Waals surface area contributed by atoms with Crippen molar-refractivity contribution < 1.29 is 8.78 Å². The minimum absolute atomic E-state index is 0.283. The van der Waals surface area contributed by atoms with Crippen LogP contribution in [0, 0.1) is 11.6 Å². The Morgan fingerprint density at radius 1 is 1.21 bits per heavy atom. The molecule has 14 heavy (non-hydrogen) atoms. The number of likely N-dealkylation sites (tertiary alicyclic amines) is 1. The SMILES string of the molecule is CN1CC[C@H](c2cc(F)cc(F)c2)C1. The second kappa shape index (κ2) is 3.65. The number of halogens is 2. The van der Waals surface area contributed by atoms with E-state index < -0.39 is 11.6 Å². The lowest BCUT2D eigenvalue weighted by molar-refractivity contribution is 0.411. The number of hydrogen-bond acceptors (Lipinski definition) is 1. The van der Waals surface area contributed by atoms with Gasteiger partial charge in [-0.15, -0.1) is 0 Å². The average molecular weight is 197 g/mol. The molecule has 1 nitrogen and oxygen atoms in total. The van der Waals surface area contributed by atoms with Gasteiger partial charge in [0.05, 0.1) is 0 Å². The van der Waals surface area contributed by atoms with Crippen molar-refractivity contribution >= 4 is 0 Å². The first-order valence-electron chi connectivity index (χ1n) is 4.79. The molecule has 3 heteroatoms. The van der Waals surface area contributed by atoms with Crippen LogP contribution in [0.4, 0.5) is 8.78 Å². The number of nitrogens with zero attached hydrogens (tertiary/aromatic N) is 1. The minimum Gasteiger partial charge on any atom is -0.306 e. The van der Waals surface area contributed by atoms with E-state index in [9.17, 15) is 8.78 Å². The molecule has 0 spiro atoms. The maximum absolute atomic E-state index is 12.9. The van der Waals surface area contributed by atoms with Crippen LogP contribution in [0.1, 0.15) is 17.9 Å². The van der Waals surface area contributed by atoms with Crippen LogP contribution in [0.15, 0.2) is 18.2 Å². The highest BCUT2D eigenvalue weighted by Crippen LogP contribution is 2.27. The molecule has 1 aliphatic heterocycles. The molecule has 0 unspecified atom stereocenters. The van der Waals surface area contributed by atoms with E-state index in [1.165, 1.54) is 12.1 Å². The fourth-order valence-electron chi connectivity index (χ4n) is 2.02. The summed E-state index contributed by atoms with van der Waals surface area (Å²) in [5.74, 6) is -0.672. The van der Waals surface area contributed by atoms with Crippen molar-refractivity contribution in [1.82, 2.24) is 4.90 Å². The van der Waals surface area contributed by atoms with Crippen molar-refractivity contribution in [2.24, 2.45) is 0 Å². The molecule has 1 atom stereocenters. The lowest BCUT2D eigenvalue weighted by Crippen LogP contribution is -2.13. The molecule has 0 saturated carbocycles. The smallest absolute Gasteiger partial charge is 0.126 e. The summed E-state index contributed by atoms with van der Waals surface area (Å²) in [7, 11) is 2.02. The molecular formula is C11H13F2N. The van der Waals surface area contributed by atoms with Gasteiger partial charge in [0, 0.05) is 12.6 Å². The molecule has 1 heterocycles. The molecule has 0 aliphatic carbocycles. The highest BCUT2D eigenvalue weighted by molar-refractivity contribution is 5.23. The summed E-state index contributed by atoms with van der Waals surface area (Å²) >= 11 is 0. The molecule has 1 fully saturated rings. The van der Waals surface area contributed by atoms with Crippen LogP contribution in [0.25, 0.3) is 0 Å². The van der Waals surface area contributed by atoms with Crippen LogP contribution >= 0.6 is 0 Å². The van der Waals surface area contributed by atoms with E-state index in [1.54, 1.807) is 0 Å². The Kier molecular flexibility index (Phi) is 2.50. The molecule has 0 radical (unpaired) electrons. The van der Waals surface area contributed by atoms with Gasteiger partial charge in [-0.1, -0.05) is 0 Å². The van der Waals surface area contributed by atoms with E-state index in [-0.39, 0.29) is 5.92 Å². The number of rotatable bonds is 1. The fourth-order valence-corrected chi connectivity index (χ4v) is 2.02. The van der Waals surface area contributed by atoms with Gasteiger partial charge in [0.25, 0.3) is 0 Å². The van der Waals surface area contributed by atoms with Gasteiger partial charge >= 0.3 is 0 Å². The Labute approximate surface area is 82.3 Å². The molecule has 0 N–H and O–H groups in total. The zero-order valence-electron chi connectivity index (χ0n) is 8.13. The number of hydrogen-bond donors (Lipinski definition) is 0. The summed E-state index contributed by atoms with van der Waals surface area (Å²) in [4.78, 5) is 2.17. The van der Waals surface area contributed by atoms with Crippen LogP contribution < -0.4 is 0 Å². The predicted octanol–water partition coefficient (Wildman–Crippen LogP) is 2.38. The zero-order valence-corrected chi connectivity index (χ0v) is 8.13. The van der Waals surface area contributed by atoms with Crippen LogP contribution in [-0.4, -0.2) is 25.0 Å². The minimum atomic E-state index is -0.477. The molecule has 76 valence electrons. The maximum atomic E-state index is 12.9. The van der Waals surface area contributed by atoms with Gasteiger partial charge in [-0.25, -0.2) is 8.78 Å². The summed E-state index contributed by atoms with van der Waals surface area (Å²) in [6.45, 7) is 1.89. The summed E-state index contributed by atoms with van der Waals surface area (Å²) in [5.41, 5.74) is 0.784. The third-order valence-corrected chi connectivity index (χ3v) is 2.75. The van der Waals surface area contributed by atoms with Gasteiger partial charge in [0.15, 0.2) is 0 Å². The lowest BCUT2D eigenvalue weighted by Gasteiger charge is -2.10. The van der Waals surface area contributed by atoms with Crippen molar-refractivity contribution in [3.05, 3.63) is 35.4 Å². The topological polar surface area (TPSA) is 3.24 Å². The van der Waals surface area contributed by atoms with Crippen molar-refractivity contribution in [3.63, 3.8) is 0 Å². The van der Waals surface area contributed by atoms with Crippen LogP contribution in [0.5, 0.6) is 0 Å². The van der Waals surface area contributed by atoms with Crippen LogP contribution in [0.3, 0.4) is 0 Å². The quantitative estimate of drug-likeness (QED) is 0.668. The molecule has 0 amide bonds. The first kappa shape index (κ1) is 9.59. The highest BCUT2D eigenvalue weighted by Gasteiger charge is 2.21. The number of likely N-dealkylation sites (N-methyl/N-ethyl adjacent to an activating group) is 1. The van der Waals surface area contributed by atoms with Crippen LogP contribution in [-0.2, 0) is 0 Å². The van der Waals surface area contributed by atoms with Gasteiger partial charge in [-0.3, -0.25) is 0 Å². The Hall–Kier alpha value is -0.960. The first-order chi connectivity index (χ1) is 6.65. The van der Waals surface area contributed by atoms with E-state index in [0.717, 1.165) is 31.1 Å². The van der Waals surface area contributed by atoms with Gasteiger partial charge < -0.3 is 4.90 Å². The summed E-state index contributed by atoms with van der Waals surface area (Å²) < 4.78 is 25.8. The second-order valence-corrected chi connectivity index (χ2v) is 3.95. The standard InChI is InChI=1S/C11H13F2N/c1-14-3-2-8(7-14)9-4-10(12)6-11(13)5-9/h4-6,8H,2-3,7H2,1H3/t8-/m0/s1. The van der Waals surface area contributed by atoms with E-state index in [4.69, 9.17) is 0 Å². The second-order valence-electron chi connectivity index (χ2n) is 3.95. The van der Waals surface area contributed by atoms with Gasteiger partial charge in [-0.05, 0) is 43.6 Å². The van der Waals surface area contributed by atoms with E-state index in [0.29, 0.717) is 0 Å². The van der Waals surface area contributed by atoms with E-state index in [1.807, 2.05) is 7.05 Å². The van der Waals surface area contributed by atoms with Gasteiger partial charge in [0.1, 0.15) is 11.6 Å². The maximum Gasteiger partial charge on any atom is 0.126 e. The number of benzene rings is 1. The predicted molar refractivity (Wildman–Crippen MR) is 51.2 cm³/mol. The molecule has 0 bridgehead atoms. The van der Waals surface area contributed by atoms with Crippen molar-refractivity contribution in [3.8, 4) is 0 Å². The molecule has 1 aromatic carbocycles. The third kappa shape index (κ3) is 1.93. The normalized spacial score (nSPS) is 22.9. The van der Waals surface area contributed by atoms with Crippen molar-refractivity contribution in [2.45, 2.75) is 12.3 Å². The fraction of sp³-hybridized carbons (Fsp3) is 0.455. The Balaban J connectivity index is 2.23. The van der Waals surface area contributed by atoms with Crippen LogP contribution in [0.2, 0.25) is 0 Å². The molecule has 1 aromatic rings. The Morgan fingerprint density at radius 2 is 1.86 bits per heavy atom. The molecule has 2 rings (SSSR count). The average Bonchev–Trinajstić information content (AvgIpc) is 2.50. The molecule has 0 aromatic heterocycles. The van der Waals surface area contributed by atoms with Crippen molar-refractivity contribution in [2.75, 3.05) is 20.1 Å². The highest BCUT2D eigenvalue weighted by atomic mass is 19.1. The Morgan fingerprint density at radius 3 is 2.36 bits per heavy atom. The molecule has 1 aliphatic rings. The Bertz CT molecular complexity index is 318. The largest absolute Gasteiger partial charge is 0.306 e. The summed E-state index contributed by atoms with van der Waals surface area (Å²) in [6.07, 6.45) is 0.986. The first-order valence-corrected chi connectivity index (χ1v) is 4.79. The van der Waals surface area contributed by atoms with E-state index >= 15 is 0 Å². The monoisotopic (exact) mass is 197 g/mol. The zero-order chi connectivity index (χ0) is 10.1. The third-order valence-electron chi connectivity index (χ3n) is 2.75. The summed E-state index contributed by atoms with van der Waals surface area (Å²) in [6, 6.07) is 3.79. The van der Waals surface area contributed by atoms with E-state index in [2.05, 4.69) is 4.90 Å². The molecule has 1 saturated heterocycles. The van der Waals surface area contributed by atoms with Gasteiger partial charge in [-0.2, -0.15) is 0 Å². The molecular weight excluding hydrogens is 184 g/mol. The van der Waals surface area contributed by atoms with Gasteiger partial charge in [0.2, 0.25) is 0 Å². The van der Waals surface area contributed by atoms with Crippen molar-refractivity contribution in [1.29, 1.82) is 0 Å². The summed E-state index contributed by atoms with van der Waals surface area (Å²) in [5, 5.41) is 0.